The maximum absolute atomic E-state index is 11.9. The molecule has 0 aromatic carbocycles. The average molecular weight is 296 g/mol. The van der Waals surface area contributed by atoms with Crippen LogP contribution in [0.5, 0.6) is 0 Å². The van der Waals surface area contributed by atoms with Gasteiger partial charge in [0.1, 0.15) is 0 Å². The molecule has 2 N–H and O–H groups in total. The highest BCUT2D eigenvalue weighted by molar-refractivity contribution is 8.00. The molecule has 0 aliphatic heterocycles. The van der Waals surface area contributed by atoms with Crippen LogP contribution in [-0.4, -0.2) is 50.0 Å². The topological polar surface area (TPSA) is 84.7 Å². The highest BCUT2D eigenvalue weighted by Gasteiger charge is 2.27. The minimum atomic E-state index is -0.170. The number of carbonyl (C=O) groups excluding carboxylic acids is 1. The van der Waals surface area contributed by atoms with Gasteiger partial charge in [-0.15, -0.1) is 5.10 Å². The third-order valence-electron chi connectivity index (χ3n) is 3.41. The van der Waals surface area contributed by atoms with Gasteiger partial charge in [0, 0.05) is 18.6 Å². The van der Waals surface area contributed by atoms with Crippen molar-refractivity contribution < 1.29 is 4.79 Å². The first-order valence-corrected chi connectivity index (χ1v) is 8.07. The second-order valence-corrected chi connectivity index (χ2v) is 6.76. The summed E-state index contributed by atoms with van der Waals surface area (Å²) in [5, 5.41) is 18.7. The number of amides is 1. The molecule has 2 fully saturated rings. The van der Waals surface area contributed by atoms with E-state index in [0.717, 1.165) is 25.9 Å². The standard InChI is InChI=1S/C12H20N6OS/c1-8(11(19)14-10-4-5-10)20-12-15-16-17-18(12)7-6-13-9-2-3-9/h8-10,13H,2-7H2,1H3,(H,14,19). The molecule has 0 saturated heterocycles. The fourth-order valence-electron chi connectivity index (χ4n) is 1.84. The van der Waals surface area contributed by atoms with Gasteiger partial charge in [0.25, 0.3) is 0 Å². The number of aromatic nitrogens is 4. The van der Waals surface area contributed by atoms with Gasteiger partial charge in [0.2, 0.25) is 11.1 Å². The Hall–Kier alpha value is -1.15. The van der Waals surface area contributed by atoms with Gasteiger partial charge >= 0.3 is 0 Å². The third-order valence-corrected chi connectivity index (χ3v) is 4.48. The lowest BCUT2D eigenvalue weighted by Gasteiger charge is -2.11. The number of nitrogens with one attached hydrogen (secondary N) is 2. The molecule has 0 bridgehead atoms. The summed E-state index contributed by atoms with van der Waals surface area (Å²) < 4.78 is 1.76. The summed E-state index contributed by atoms with van der Waals surface area (Å²) in [7, 11) is 0. The first-order valence-electron chi connectivity index (χ1n) is 7.19. The van der Waals surface area contributed by atoms with E-state index in [1.807, 2.05) is 6.92 Å². The van der Waals surface area contributed by atoms with E-state index >= 15 is 0 Å². The summed E-state index contributed by atoms with van der Waals surface area (Å²) in [5.41, 5.74) is 0. The summed E-state index contributed by atoms with van der Waals surface area (Å²) in [6.45, 7) is 3.50. The van der Waals surface area contributed by atoms with Crippen LogP contribution in [0.25, 0.3) is 0 Å². The molecule has 0 radical (unpaired) electrons. The van der Waals surface area contributed by atoms with Gasteiger partial charge in [-0.05, 0) is 43.0 Å². The maximum Gasteiger partial charge on any atom is 0.233 e. The number of tetrazole rings is 1. The van der Waals surface area contributed by atoms with E-state index in [0.29, 0.717) is 17.2 Å². The van der Waals surface area contributed by atoms with Crippen molar-refractivity contribution in [3.63, 3.8) is 0 Å². The molecule has 1 aromatic heterocycles. The summed E-state index contributed by atoms with van der Waals surface area (Å²) in [4.78, 5) is 11.9. The van der Waals surface area contributed by atoms with Gasteiger partial charge in [0.15, 0.2) is 0 Å². The fourth-order valence-corrected chi connectivity index (χ4v) is 2.67. The van der Waals surface area contributed by atoms with Crippen molar-refractivity contribution in [1.82, 2.24) is 30.8 Å². The molecule has 1 amide bonds. The number of hydrogen-bond acceptors (Lipinski definition) is 6. The Morgan fingerprint density at radius 1 is 1.40 bits per heavy atom. The SMILES string of the molecule is CC(Sc1nnnn1CCNC1CC1)C(=O)NC1CC1. The Morgan fingerprint density at radius 2 is 2.15 bits per heavy atom. The molecule has 1 aromatic rings. The Balaban J connectivity index is 1.47. The molecule has 7 nitrogen and oxygen atoms in total. The van der Waals surface area contributed by atoms with Crippen LogP contribution in [0.4, 0.5) is 0 Å². The fraction of sp³-hybridized carbons (Fsp3) is 0.833. The first kappa shape index (κ1) is 13.8. The van der Waals surface area contributed by atoms with Crippen LogP contribution < -0.4 is 10.6 Å². The quantitative estimate of drug-likeness (QED) is 0.666. The molecule has 2 saturated carbocycles. The Morgan fingerprint density at radius 3 is 2.85 bits per heavy atom. The van der Waals surface area contributed by atoms with Gasteiger partial charge < -0.3 is 10.6 Å². The number of nitrogens with zero attached hydrogens (tertiary/aromatic N) is 4. The van der Waals surface area contributed by atoms with Crippen LogP contribution in [-0.2, 0) is 11.3 Å². The van der Waals surface area contributed by atoms with Crippen molar-refractivity contribution in [1.29, 1.82) is 0 Å². The third kappa shape index (κ3) is 3.92. The first-order chi connectivity index (χ1) is 9.72. The van der Waals surface area contributed by atoms with Crippen molar-refractivity contribution in [2.75, 3.05) is 6.54 Å². The van der Waals surface area contributed by atoms with Crippen LogP contribution in [0.1, 0.15) is 32.6 Å². The molecule has 2 aliphatic rings. The summed E-state index contributed by atoms with van der Waals surface area (Å²) >= 11 is 1.42. The summed E-state index contributed by atoms with van der Waals surface area (Å²) in [5.74, 6) is 0.0724. The molecular formula is C12H20N6OS. The molecule has 1 heterocycles. The smallest absolute Gasteiger partial charge is 0.233 e. The lowest BCUT2D eigenvalue weighted by Crippen LogP contribution is -2.32. The molecule has 3 rings (SSSR count). The zero-order valence-corrected chi connectivity index (χ0v) is 12.4. The molecule has 1 unspecified atom stereocenters. The van der Waals surface area contributed by atoms with Crippen molar-refractivity contribution >= 4 is 17.7 Å². The van der Waals surface area contributed by atoms with Gasteiger partial charge in [-0.25, -0.2) is 4.68 Å². The molecule has 1 atom stereocenters. The number of carbonyl (C=O) groups is 1. The van der Waals surface area contributed by atoms with E-state index < -0.39 is 0 Å². The van der Waals surface area contributed by atoms with E-state index in [1.54, 1.807) is 4.68 Å². The molecule has 0 spiro atoms. The molecule has 20 heavy (non-hydrogen) atoms. The molecule has 8 heteroatoms. The van der Waals surface area contributed by atoms with E-state index in [4.69, 9.17) is 0 Å². The number of thioether (sulfide) groups is 1. The van der Waals surface area contributed by atoms with Gasteiger partial charge in [-0.1, -0.05) is 11.8 Å². The number of rotatable bonds is 8. The zero-order valence-electron chi connectivity index (χ0n) is 11.6. The van der Waals surface area contributed by atoms with E-state index in [-0.39, 0.29) is 11.2 Å². The Labute approximate surface area is 122 Å². The maximum atomic E-state index is 11.9. The van der Waals surface area contributed by atoms with Gasteiger partial charge in [0.05, 0.1) is 11.8 Å². The van der Waals surface area contributed by atoms with Crippen molar-refractivity contribution in [2.24, 2.45) is 0 Å². The molecule has 110 valence electrons. The van der Waals surface area contributed by atoms with Gasteiger partial charge in [-0.3, -0.25) is 4.79 Å². The second-order valence-electron chi connectivity index (χ2n) is 5.46. The summed E-state index contributed by atoms with van der Waals surface area (Å²) in [6, 6.07) is 1.08. The predicted molar refractivity (Wildman–Crippen MR) is 75.3 cm³/mol. The average Bonchev–Trinajstić information content (AvgIpc) is 3.33. The monoisotopic (exact) mass is 296 g/mol. The zero-order chi connectivity index (χ0) is 13.9. The lowest BCUT2D eigenvalue weighted by molar-refractivity contribution is -0.120. The molecular weight excluding hydrogens is 276 g/mol. The largest absolute Gasteiger partial charge is 0.352 e. The highest BCUT2D eigenvalue weighted by atomic mass is 32.2. The Bertz CT molecular complexity index is 470. The number of hydrogen-bond donors (Lipinski definition) is 2. The predicted octanol–water partition coefficient (Wildman–Crippen LogP) is 0.184. The normalized spacial score (nSPS) is 19.9. The van der Waals surface area contributed by atoms with E-state index in [9.17, 15) is 4.79 Å². The van der Waals surface area contributed by atoms with Crippen molar-refractivity contribution in [3.8, 4) is 0 Å². The van der Waals surface area contributed by atoms with Crippen molar-refractivity contribution in [3.05, 3.63) is 0 Å². The van der Waals surface area contributed by atoms with Crippen LogP contribution in [0, 0.1) is 0 Å². The lowest BCUT2D eigenvalue weighted by atomic mass is 10.4. The van der Waals surface area contributed by atoms with Crippen LogP contribution >= 0.6 is 11.8 Å². The van der Waals surface area contributed by atoms with Gasteiger partial charge in [-0.2, -0.15) is 0 Å². The van der Waals surface area contributed by atoms with Crippen LogP contribution in [0.2, 0.25) is 0 Å². The van der Waals surface area contributed by atoms with E-state index in [1.165, 1.54) is 24.6 Å². The second kappa shape index (κ2) is 6.09. The van der Waals surface area contributed by atoms with E-state index in [2.05, 4.69) is 26.2 Å². The molecule has 2 aliphatic carbocycles. The Kier molecular flexibility index (Phi) is 4.21. The van der Waals surface area contributed by atoms with Crippen LogP contribution in [0.15, 0.2) is 5.16 Å². The van der Waals surface area contributed by atoms with Crippen molar-refractivity contribution in [2.45, 2.75) is 61.6 Å². The van der Waals surface area contributed by atoms with Crippen LogP contribution in [0.3, 0.4) is 0 Å². The minimum absolute atomic E-state index is 0.0724. The highest BCUT2D eigenvalue weighted by Crippen LogP contribution is 2.23. The summed E-state index contributed by atoms with van der Waals surface area (Å²) in [6.07, 6.45) is 4.76. The minimum Gasteiger partial charge on any atom is -0.352 e.